The first kappa shape index (κ1) is 9.77. The summed E-state index contributed by atoms with van der Waals surface area (Å²) < 4.78 is 5.01. The van der Waals surface area contributed by atoms with Crippen LogP contribution in [0, 0.1) is 6.92 Å². The topological polar surface area (TPSA) is 42.1 Å². The molecule has 1 aromatic carbocycles. The molecule has 0 bridgehead atoms. The number of hydrogen-bond donors (Lipinski definition) is 1. The molecule has 0 aliphatic heterocycles. The second kappa shape index (κ2) is 3.77. The summed E-state index contributed by atoms with van der Waals surface area (Å²) in [6, 6.07) is 5.76. The number of esters is 1. The average Bonchev–Trinajstić information content (AvgIpc) is 2.64. The molecule has 0 aliphatic carbocycles. The molecule has 3 heteroatoms. The van der Waals surface area contributed by atoms with Crippen molar-refractivity contribution < 1.29 is 9.53 Å². The first-order valence-electron chi connectivity index (χ1n) is 4.97. The predicted molar refractivity (Wildman–Crippen MR) is 59.0 cm³/mol. The minimum absolute atomic E-state index is 0.259. The highest BCUT2D eigenvalue weighted by atomic mass is 16.5. The number of aromatic nitrogens is 1. The van der Waals surface area contributed by atoms with Gasteiger partial charge in [0.1, 0.15) is 0 Å². The Labute approximate surface area is 88.1 Å². The van der Waals surface area contributed by atoms with Crippen LogP contribution in [-0.4, -0.2) is 17.6 Å². The van der Waals surface area contributed by atoms with Crippen LogP contribution in [0.15, 0.2) is 24.4 Å². The van der Waals surface area contributed by atoms with Gasteiger partial charge in [-0.1, -0.05) is 0 Å². The number of rotatable bonds is 2. The van der Waals surface area contributed by atoms with E-state index in [1.54, 1.807) is 0 Å². The van der Waals surface area contributed by atoms with Crippen molar-refractivity contribution in [3.63, 3.8) is 0 Å². The van der Waals surface area contributed by atoms with Gasteiger partial charge in [-0.05, 0) is 37.6 Å². The number of ether oxygens (including phenoxy) is 1. The fourth-order valence-electron chi connectivity index (χ4n) is 1.69. The van der Waals surface area contributed by atoms with Gasteiger partial charge in [0, 0.05) is 17.1 Å². The Balaban J connectivity index is 2.57. The highest BCUT2D eigenvalue weighted by Gasteiger charge is 2.11. The molecular weight excluding hydrogens is 190 g/mol. The number of H-pyrrole nitrogens is 1. The summed E-state index contributed by atoms with van der Waals surface area (Å²) in [5.41, 5.74) is 2.65. The molecule has 0 saturated heterocycles. The molecular formula is C12H13NO2. The lowest BCUT2D eigenvalue weighted by Gasteiger charge is -2.04. The summed E-state index contributed by atoms with van der Waals surface area (Å²) >= 11 is 0. The summed E-state index contributed by atoms with van der Waals surface area (Å²) in [5, 5.41) is 0.916. The number of benzene rings is 1. The Bertz CT molecular complexity index is 499. The zero-order valence-electron chi connectivity index (χ0n) is 8.83. The van der Waals surface area contributed by atoms with Crippen LogP contribution >= 0.6 is 0 Å². The van der Waals surface area contributed by atoms with Gasteiger partial charge >= 0.3 is 5.97 Å². The van der Waals surface area contributed by atoms with Crippen LogP contribution in [0.3, 0.4) is 0 Å². The molecule has 0 amide bonds. The highest BCUT2D eigenvalue weighted by molar-refractivity contribution is 6.04. The number of hydrogen-bond acceptors (Lipinski definition) is 2. The Hall–Kier alpha value is -1.77. The molecule has 78 valence electrons. The summed E-state index contributed by atoms with van der Waals surface area (Å²) in [6.45, 7) is 4.17. The van der Waals surface area contributed by atoms with Gasteiger partial charge in [0.05, 0.1) is 12.2 Å². The average molecular weight is 203 g/mol. The molecule has 2 aromatic rings. The van der Waals surface area contributed by atoms with Crippen molar-refractivity contribution in [1.82, 2.24) is 4.98 Å². The number of nitrogens with one attached hydrogen (secondary N) is 1. The lowest BCUT2D eigenvalue weighted by atomic mass is 10.1. The summed E-state index contributed by atoms with van der Waals surface area (Å²) in [5.74, 6) is -0.259. The van der Waals surface area contributed by atoms with Crippen molar-refractivity contribution in [3.05, 3.63) is 35.5 Å². The normalized spacial score (nSPS) is 10.5. The zero-order valence-corrected chi connectivity index (χ0v) is 8.83. The van der Waals surface area contributed by atoms with E-state index < -0.39 is 0 Å². The molecule has 2 rings (SSSR count). The minimum Gasteiger partial charge on any atom is -0.462 e. The van der Waals surface area contributed by atoms with E-state index in [0.29, 0.717) is 12.2 Å². The minimum atomic E-state index is -0.259. The van der Waals surface area contributed by atoms with E-state index in [0.717, 1.165) is 16.5 Å². The molecule has 0 saturated carbocycles. The Kier molecular flexibility index (Phi) is 2.46. The molecule has 3 nitrogen and oxygen atoms in total. The third-order valence-corrected chi connectivity index (χ3v) is 2.31. The maximum absolute atomic E-state index is 11.7. The third kappa shape index (κ3) is 1.73. The second-order valence-electron chi connectivity index (χ2n) is 3.47. The standard InChI is InChI=1S/C12H13NO2/c1-3-15-12(14)10-6-8(2)7-11-9(10)4-5-13-11/h4-7,13H,3H2,1-2H3. The van der Waals surface area contributed by atoms with E-state index in [1.807, 2.05) is 38.2 Å². The predicted octanol–water partition coefficient (Wildman–Crippen LogP) is 2.65. The highest BCUT2D eigenvalue weighted by Crippen LogP contribution is 2.20. The lowest BCUT2D eigenvalue weighted by molar-refractivity contribution is 0.0528. The van der Waals surface area contributed by atoms with E-state index in [4.69, 9.17) is 4.74 Å². The molecule has 0 radical (unpaired) electrons. The molecule has 1 aromatic heterocycles. The fourth-order valence-corrected chi connectivity index (χ4v) is 1.69. The summed E-state index contributed by atoms with van der Waals surface area (Å²) in [6.07, 6.45) is 1.83. The molecule has 0 spiro atoms. The van der Waals surface area contributed by atoms with Crippen molar-refractivity contribution >= 4 is 16.9 Å². The van der Waals surface area contributed by atoms with Crippen LogP contribution in [0.4, 0.5) is 0 Å². The molecule has 0 atom stereocenters. The van der Waals surface area contributed by atoms with Gasteiger partial charge in [0.2, 0.25) is 0 Å². The SMILES string of the molecule is CCOC(=O)c1cc(C)cc2[nH]ccc12. The van der Waals surface area contributed by atoms with Crippen LogP contribution in [-0.2, 0) is 4.74 Å². The van der Waals surface area contributed by atoms with Crippen molar-refractivity contribution in [2.45, 2.75) is 13.8 Å². The smallest absolute Gasteiger partial charge is 0.338 e. The fraction of sp³-hybridized carbons (Fsp3) is 0.250. The largest absolute Gasteiger partial charge is 0.462 e. The van der Waals surface area contributed by atoms with Gasteiger partial charge in [-0.15, -0.1) is 0 Å². The van der Waals surface area contributed by atoms with Gasteiger partial charge < -0.3 is 9.72 Å². The molecule has 1 N–H and O–H groups in total. The van der Waals surface area contributed by atoms with Gasteiger partial charge in [-0.25, -0.2) is 4.79 Å². The van der Waals surface area contributed by atoms with E-state index in [1.165, 1.54) is 0 Å². The van der Waals surface area contributed by atoms with Gasteiger partial charge in [-0.3, -0.25) is 0 Å². The zero-order chi connectivity index (χ0) is 10.8. The van der Waals surface area contributed by atoms with E-state index in [9.17, 15) is 4.79 Å². The Morgan fingerprint density at radius 3 is 3.00 bits per heavy atom. The van der Waals surface area contributed by atoms with Crippen LogP contribution in [0.1, 0.15) is 22.8 Å². The maximum atomic E-state index is 11.7. The van der Waals surface area contributed by atoms with Crippen molar-refractivity contribution in [3.8, 4) is 0 Å². The van der Waals surface area contributed by atoms with Crippen LogP contribution in [0.2, 0.25) is 0 Å². The van der Waals surface area contributed by atoms with Crippen molar-refractivity contribution in [1.29, 1.82) is 0 Å². The summed E-state index contributed by atoms with van der Waals surface area (Å²) in [4.78, 5) is 14.8. The van der Waals surface area contributed by atoms with Crippen molar-refractivity contribution in [2.75, 3.05) is 6.61 Å². The van der Waals surface area contributed by atoms with Crippen LogP contribution in [0.25, 0.3) is 10.9 Å². The van der Waals surface area contributed by atoms with Gasteiger partial charge in [-0.2, -0.15) is 0 Å². The van der Waals surface area contributed by atoms with E-state index in [2.05, 4.69) is 4.98 Å². The first-order valence-corrected chi connectivity index (χ1v) is 4.97. The monoisotopic (exact) mass is 203 g/mol. The Morgan fingerprint density at radius 1 is 1.47 bits per heavy atom. The maximum Gasteiger partial charge on any atom is 0.338 e. The van der Waals surface area contributed by atoms with Gasteiger partial charge in [0.15, 0.2) is 0 Å². The third-order valence-electron chi connectivity index (χ3n) is 2.31. The quantitative estimate of drug-likeness (QED) is 0.762. The number of aryl methyl sites for hydroxylation is 1. The first-order chi connectivity index (χ1) is 7.22. The molecule has 0 aliphatic rings. The van der Waals surface area contributed by atoms with Crippen LogP contribution in [0.5, 0.6) is 0 Å². The van der Waals surface area contributed by atoms with E-state index >= 15 is 0 Å². The number of fused-ring (bicyclic) bond motifs is 1. The number of aromatic amines is 1. The molecule has 0 fully saturated rings. The molecule has 1 heterocycles. The number of carbonyl (C=O) groups is 1. The van der Waals surface area contributed by atoms with Gasteiger partial charge in [0.25, 0.3) is 0 Å². The summed E-state index contributed by atoms with van der Waals surface area (Å²) in [7, 11) is 0. The second-order valence-corrected chi connectivity index (χ2v) is 3.47. The molecule has 0 unspecified atom stereocenters. The van der Waals surface area contributed by atoms with Crippen molar-refractivity contribution in [2.24, 2.45) is 0 Å². The van der Waals surface area contributed by atoms with Crippen LogP contribution < -0.4 is 0 Å². The number of carbonyl (C=O) groups excluding carboxylic acids is 1. The van der Waals surface area contributed by atoms with E-state index in [-0.39, 0.29) is 5.97 Å². The lowest BCUT2D eigenvalue weighted by Crippen LogP contribution is -2.05. The Morgan fingerprint density at radius 2 is 2.27 bits per heavy atom. The molecule has 15 heavy (non-hydrogen) atoms.